The second-order valence-corrected chi connectivity index (χ2v) is 2.83. The van der Waals surface area contributed by atoms with Gasteiger partial charge in [-0.2, -0.15) is 0 Å². The van der Waals surface area contributed by atoms with E-state index in [1.165, 1.54) is 6.33 Å². The first kappa shape index (κ1) is 7.78. The highest BCUT2D eigenvalue weighted by molar-refractivity contribution is 5.75. The van der Waals surface area contributed by atoms with Crippen LogP contribution in [0.5, 0.6) is 0 Å². The van der Waals surface area contributed by atoms with Gasteiger partial charge in [-0.25, -0.2) is 9.78 Å². The Morgan fingerprint density at radius 1 is 1.64 bits per heavy atom. The quantitative estimate of drug-likeness (QED) is 0.682. The van der Waals surface area contributed by atoms with Gasteiger partial charge in [-0.05, 0) is 13.8 Å². The van der Waals surface area contributed by atoms with Crippen LogP contribution in [0.2, 0.25) is 0 Å². The van der Waals surface area contributed by atoms with Crippen molar-refractivity contribution in [1.82, 2.24) is 9.55 Å². The molecule has 0 fully saturated rings. The Morgan fingerprint density at radius 2 is 2.27 bits per heavy atom. The minimum absolute atomic E-state index is 0.865. The van der Waals surface area contributed by atoms with Gasteiger partial charge in [0.05, 0.1) is 6.33 Å². The van der Waals surface area contributed by atoms with E-state index in [1.54, 1.807) is 30.8 Å². The molecule has 60 valence electrons. The van der Waals surface area contributed by atoms with Gasteiger partial charge < -0.3 is 9.67 Å². The number of aliphatic carboxylic acids is 1. The number of carboxylic acid groups (broad SMARTS) is 1. The maximum atomic E-state index is 10.7. The molecule has 0 spiro atoms. The van der Waals surface area contributed by atoms with E-state index in [2.05, 4.69) is 4.98 Å². The lowest BCUT2D eigenvalue weighted by Gasteiger charge is -2.20. The summed E-state index contributed by atoms with van der Waals surface area (Å²) in [6, 6.07) is 0. The van der Waals surface area contributed by atoms with Gasteiger partial charge in [-0.1, -0.05) is 0 Å². The maximum Gasteiger partial charge on any atom is 0.329 e. The molecule has 4 heteroatoms. The molecule has 0 saturated heterocycles. The molecule has 1 rings (SSSR count). The Bertz CT molecular complexity index is 251. The third-order valence-corrected chi connectivity index (χ3v) is 1.67. The van der Waals surface area contributed by atoms with Crippen LogP contribution < -0.4 is 0 Å². The van der Waals surface area contributed by atoms with Crippen molar-refractivity contribution in [2.24, 2.45) is 0 Å². The molecule has 1 heterocycles. The van der Waals surface area contributed by atoms with E-state index in [0.717, 1.165) is 0 Å². The first-order valence-electron chi connectivity index (χ1n) is 3.27. The summed E-state index contributed by atoms with van der Waals surface area (Å²) in [6.45, 7) is 3.24. The van der Waals surface area contributed by atoms with E-state index < -0.39 is 11.5 Å². The van der Waals surface area contributed by atoms with Crippen molar-refractivity contribution in [3.05, 3.63) is 18.7 Å². The van der Waals surface area contributed by atoms with Crippen LogP contribution in [0.3, 0.4) is 0 Å². The molecule has 0 aromatic carbocycles. The van der Waals surface area contributed by atoms with Gasteiger partial charge in [0.25, 0.3) is 0 Å². The van der Waals surface area contributed by atoms with Crippen LogP contribution in [0.1, 0.15) is 13.8 Å². The number of aromatic nitrogens is 2. The molecule has 0 saturated carbocycles. The zero-order valence-corrected chi connectivity index (χ0v) is 6.48. The lowest BCUT2D eigenvalue weighted by molar-refractivity contribution is -0.145. The molecule has 11 heavy (non-hydrogen) atoms. The normalized spacial score (nSPS) is 11.5. The van der Waals surface area contributed by atoms with Gasteiger partial charge >= 0.3 is 5.97 Å². The fourth-order valence-electron chi connectivity index (χ4n) is 0.700. The zero-order valence-electron chi connectivity index (χ0n) is 6.48. The average Bonchev–Trinajstić information content (AvgIpc) is 2.37. The molecule has 0 aliphatic heterocycles. The summed E-state index contributed by atoms with van der Waals surface area (Å²) in [5.74, 6) is -0.865. The standard InChI is InChI=1S/C7H10N2O2/c1-7(2,6(10)11)9-4-3-8-5-9/h3-5H,1-2H3,(H,10,11). The van der Waals surface area contributed by atoms with Crippen molar-refractivity contribution >= 4 is 5.97 Å². The SMILES string of the molecule is CC(C)(C(=O)O)n1ccnc1. The van der Waals surface area contributed by atoms with Crippen molar-refractivity contribution < 1.29 is 9.90 Å². The highest BCUT2D eigenvalue weighted by atomic mass is 16.4. The molecule has 0 aliphatic rings. The lowest BCUT2D eigenvalue weighted by atomic mass is 10.1. The molecule has 4 nitrogen and oxygen atoms in total. The van der Waals surface area contributed by atoms with E-state index in [0.29, 0.717) is 0 Å². The van der Waals surface area contributed by atoms with Gasteiger partial charge in [0.2, 0.25) is 0 Å². The van der Waals surface area contributed by atoms with Gasteiger partial charge in [0.1, 0.15) is 5.54 Å². The van der Waals surface area contributed by atoms with Crippen molar-refractivity contribution in [3.63, 3.8) is 0 Å². The van der Waals surface area contributed by atoms with Gasteiger partial charge in [0.15, 0.2) is 0 Å². The highest BCUT2D eigenvalue weighted by Crippen LogP contribution is 2.13. The lowest BCUT2D eigenvalue weighted by Crippen LogP contribution is -2.34. The van der Waals surface area contributed by atoms with Crippen LogP contribution in [0.4, 0.5) is 0 Å². The topological polar surface area (TPSA) is 55.1 Å². The first-order chi connectivity index (χ1) is 5.05. The largest absolute Gasteiger partial charge is 0.480 e. The smallest absolute Gasteiger partial charge is 0.329 e. The van der Waals surface area contributed by atoms with Crippen LogP contribution in [-0.4, -0.2) is 20.6 Å². The highest BCUT2D eigenvalue weighted by Gasteiger charge is 2.28. The van der Waals surface area contributed by atoms with Crippen molar-refractivity contribution in [3.8, 4) is 0 Å². The summed E-state index contributed by atoms with van der Waals surface area (Å²) < 4.78 is 1.55. The molecular formula is C7H10N2O2. The van der Waals surface area contributed by atoms with Crippen LogP contribution >= 0.6 is 0 Å². The number of nitrogens with zero attached hydrogens (tertiary/aromatic N) is 2. The molecule has 0 unspecified atom stereocenters. The predicted molar refractivity (Wildman–Crippen MR) is 39.2 cm³/mol. The molecule has 1 N–H and O–H groups in total. The second kappa shape index (κ2) is 2.38. The van der Waals surface area contributed by atoms with Crippen molar-refractivity contribution in [1.29, 1.82) is 0 Å². The van der Waals surface area contributed by atoms with Crippen LogP contribution in [0.25, 0.3) is 0 Å². The minimum Gasteiger partial charge on any atom is -0.480 e. The number of carboxylic acids is 1. The molecule has 0 radical (unpaired) electrons. The van der Waals surface area contributed by atoms with Gasteiger partial charge in [-0.3, -0.25) is 0 Å². The van der Waals surface area contributed by atoms with Crippen LogP contribution in [0, 0.1) is 0 Å². The summed E-state index contributed by atoms with van der Waals surface area (Å²) in [5.41, 5.74) is -0.906. The molecule has 1 aromatic heterocycles. The third kappa shape index (κ3) is 1.24. The fraction of sp³-hybridized carbons (Fsp3) is 0.429. The predicted octanol–water partition coefficient (Wildman–Crippen LogP) is 0.703. The van der Waals surface area contributed by atoms with Gasteiger partial charge in [0, 0.05) is 12.4 Å². The van der Waals surface area contributed by atoms with E-state index in [4.69, 9.17) is 5.11 Å². The molecule has 0 aliphatic carbocycles. The summed E-state index contributed by atoms with van der Waals surface area (Å²) in [7, 11) is 0. The number of carbonyl (C=O) groups is 1. The average molecular weight is 154 g/mol. The molecular weight excluding hydrogens is 144 g/mol. The van der Waals surface area contributed by atoms with E-state index in [-0.39, 0.29) is 0 Å². The zero-order chi connectivity index (χ0) is 8.48. The van der Waals surface area contributed by atoms with Gasteiger partial charge in [-0.15, -0.1) is 0 Å². The summed E-state index contributed by atoms with van der Waals surface area (Å²) in [4.78, 5) is 14.4. The Morgan fingerprint density at radius 3 is 2.64 bits per heavy atom. The summed E-state index contributed by atoms with van der Waals surface area (Å²) in [5, 5.41) is 8.76. The Hall–Kier alpha value is -1.32. The second-order valence-electron chi connectivity index (χ2n) is 2.83. The maximum absolute atomic E-state index is 10.7. The molecule has 0 amide bonds. The van der Waals surface area contributed by atoms with E-state index in [1.807, 2.05) is 0 Å². The summed E-state index contributed by atoms with van der Waals surface area (Å²) >= 11 is 0. The molecule has 0 bridgehead atoms. The number of imidazole rings is 1. The summed E-state index contributed by atoms with van der Waals surface area (Å²) in [6.07, 6.45) is 4.69. The van der Waals surface area contributed by atoms with Crippen molar-refractivity contribution in [2.75, 3.05) is 0 Å². The fourth-order valence-corrected chi connectivity index (χ4v) is 0.700. The van der Waals surface area contributed by atoms with E-state index in [9.17, 15) is 4.79 Å². The van der Waals surface area contributed by atoms with Crippen LogP contribution in [0.15, 0.2) is 18.7 Å². The van der Waals surface area contributed by atoms with Crippen LogP contribution in [-0.2, 0) is 10.3 Å². The molecule has 0 atom stereocenters. The Labute approximate surface area is 64.5 Å². The monoisotopic (exact) mass is 154 g/mol. The van der Waals surface area contributed by atoms with E-state index >= 15 is 0 Å². The number of hydrogen-bond acceptors (Lipinski definition) is 2. The Kier molecular flexibility index (Phi) is 1.68. The molecule has 1 aromatic rings. The number of rotatable bonds is 2. The first-order valence-corrected chi connectivity index (χ1v) is 3.27. The third-order valence-electron chi connectivity index (χ3n) is 1.67. The number of hydrogen-bond donors (Lipinski definition) is 1. The Balaban J connectivity index is 3.00. The minimum atomic E-state index is -0.906. The van der Waals surface area contributed by atoms with Crippen molar-refractivity contribution in [2.45, 2.75) is 19.4 Å².